The van der Waals surface area contributed by atoms with Gasteiger partial charge in [0.25, 0.3) is 0 Å². The van der Waals surface area contributed by atoms with E-state index in [1.54, 1.807) is 18.6 Å². The number of halogens is 1. The van der Waals surface area contributed by atoms with Crippen molar-refractivity contribution in [3.8, 4) is 0 Å². The van der Waals surface area contributed by atoms with Crippen LogP contribution in [-0.2, 0) is 27.7 Å². The second kappa shape index (κ2) is 7.51. The van der Waals surface area contributed by atoms with Gasteiger partial charge in [0.1, 0.15) is 0 Å². The highest BCUT2D eigenvalue weighted by atomic mass is 79.9. The molecular formula is C22H21BrN4O2S. The highest BCUT2D eigenvalue weighted by Crippen LogP contribution is 2.48. The maximum Gasteiger partial charge on any atom is 0.238 e. The topological polar surface area (TPSA) is 66.4 Å². The maximum absolute atomic E-state index is 13.8. The smallest absolute Gasteiger partial charge is 0.238 e. The van der Waals surface area contributed by atoms with E-state index in [4.69, 9.17) is 0 Å². The molecule has 154 valence electrons. The van der Waals surface area contributed by atoms with Crippen LogP contribution >= 0.6 is 15.9 Å². The molecule has 0 aliphatic carbocycles. The highest BCUT2D eigenvalue weighted by molar-refractivity contribution is 9.10. The predicted octanol–water partition coefficient (Wildman–Crippen LogP) is 3.57. The Labute approximate surface area is 186 Å². The van der Waals surface area contributed by atoms with E-state index in [1.807, 2.05) is 45.7 Å². The van der Waals surface area contributed by atoms with Crippen LogP contribution in [0.25, 0.3) is 10.8 Å². The number of amides is 1. The normalized spacial score (nSPS) is 19.4. The summed E-state index contributed by atoms with van der Waals surface area (Å²) in [4.78, 5) is 24.5. The molecule has 3 aromatic rings. The molecular weight excluding hydrogens is 464 g/mol. The first-order valence-corrected chi connectivity index (χ1v) is 12.2. The summed E-state index contributed by atoms with van der Waals surface area (Å²) in [5, 5.41) is 2.13. The molecule has 1 aromatic carbocycles. The molecule has 2 aliphatic heterocycles. The molecule has 1 fully saturated rings. The fourth-order valence-corrected chi connectivity index (χ4v) is 5.97. The number of aromatic nitrogens is 2. The average Bonchev–Trinajstić information content (AvgIpc) is 2.99. The molecule has 0 bridgehead atoms. The quantitative estimate of drug-likeness (QED) is 0.569. The lowest BCUT2D eigenvalue weighted by atomic mass is 9.74. The molecule has 2 aromatic heterocycles. The van der Waals surface area contributed by atoms with E-state index >= 15 is 0 Å². The first-order valence-electron chi connectivity index (χ1n) is 9.88. The van der Waals surface area contributed by atoms with E-state index in [9.17, 15) is 9.00 Å². The SMILES string of the molecule is CS(=O)N1CCC2(CC1)C(=O)N(Cc1ncc3ccccc3c1Br)c1cnccc12. The van der Waals surface area contributed by atoms with Crippen LogP contribution < -0.4 is 4.90 Å². The van der Waals surface area contributed by atoms with Crippen LogP contribution in [-0.4, -0.2) is 43.7 Å². The summed E-state index contributed by atoms with van der Waals surface area (Å²) in [6.07, 6.45) is 8.40. The third-order valence-electron chi connectivity index (χ3n) is 6.32. The van der Waals surface area contributed by atoms with Crippen molar-refractivity contribution in [1.29, 1.82) is 0 Å². The van der Waals surface area contributed by atoms with Gasteiger partial charge < -0.3 is 4.90 Å². The minimum absolute atomic E-state index is 0.0916. The summed E-state index contributed by atoms with van der Waals surface area (Å²) >= 11 is 3.70. The van der Waals surface area contributed by atoms with E-state index in [0.29, 0.717) is 32.5 Å². The molecule has 1 unspecified atom stereocenters. The minimum Gasteiger partial charge on any atom is -0.304 e. The van der Waals surface area contributed by atoms with Crippen molar-refractivity contribution in [3.05, 3.63) is 64.7 Å². The fraction of sp³-hybridized carbons (Fsp3) is 0.318. The number of carbonyl (C=O) groups is 1. The van der Waals surface area contributed by atoms with E-state index in [1.165, 1.54) is 0 Å². The molecule has 0 saturated carbocycles. The van der Waals surface area contributed by atoms with Gasteiger partial charge in [0.2, 0.25) is 5.91 Å². The molecule has 8 heteroatoms. The molecule has 1 amide bonds. The van der Waals surface area contributed by atoms with Crippen LogP contribution in [0.4, 0.5) is 5.69 Å². The van der Waals surface area contributed by atoms with Crippen molar-refractivity contribution >= 4 is 49.3 Å². The molecule has 30 heavy (non-hydrogen) atoms. The number of pyridine rings is 2. The zero-order valence-electron chi connectivity index (χ0n) is 16.5. The van der Waals surface area contributed by atoms with Crippen LogP contribution in [0.1, 0.15) is 24.1 Å². The number of anilines is 1. The third kappa shape index (κ3) is 3.01. The second-order valence-corrected chi connectivity index (χ2v) is 9.98. The standard InChI is InChI=1S/C22H21BrN4O2S/c1-30(29)26-10-7-22(8-11-26)17-6-9-24-13-19(17)27(21(22)28)14-18-20(23)16-5-3-2-4-15(16)12-25-18/h2-6,9,12-13H,7-8,10-11,14H2,1H3. The monoisotopic (exact) mass is 484 g/mol. The summed E-state index contributed by atoms with van der Waals surface area (Å²) < 4.78 is 14.7. The number of hydrogen-bond donors (Lipinski definition) is 0. The number of hydrogen-bond acceptors (Lipinski definition) is 4. The molecule has 0 N–H and O–H groups in total. The zero-order chi connectivity index (χ0) is 20.9. The summed E-state index contributed by atoms with van der Waals surface area (Å²) in [6.45, 7) is 1.67. The summed E-state index contributed by atoms with van der Waals surface area (Å²) in [6, 6.07) is 10.0. The first-order chi connectivity index (χ1) is 14.5. The van der Waals surface area contributed by atoms with Crippen molar-refractivity contribution < 1.29 is 9.00 Å². The van der Waals surface area contributed by atoms with Gasteiger partial charge in [0.15, 0.2) is 0 Å². The highest BCUT2D eigenvalue weighted by Gasteiger charge is 2.52. The van der Waals surface area contributed by atoms with Crippen molar-refractivity contribution in [2.75, 3.05) is 24.2 Å². The Morgan fingerprint density at radius 3 is 2.70 bits per heavy atom. The van der Waals surface area contributed by atoms with E-state index in [2.05, 4.69) is 25.9 Å². The van der Waals surface area contributed by atoms with E-state index in [0.717, 1.165) is 32.2 Å². The number of nitrogens with zero attached hydrogens (tertiary/aromatic N) is 4. The van der Waals surface area contributed by atoms with Crippen molar-refractivity contribution in [1.82, 2.24) is 14.3 Å². The van der Waals surface area contributed by atoms with Crippen molar-refractivity contribution in [2.24, 2.45) is 0 Å². The van der Waals surface area contributed by atoms with Crippen LogP contribution in [0.5, 0.6) is 0 Å². The molecule has 6 nitrogen and oxygen atoms in total. The van der Waals surface area contributed by atoms with Crippen LogP contribution in [0.3, 0.4) is 0 Å². The third-order valence-corrected chi connectivity index (χ3v) is 8.30. The van der Waals surface area contributed by atoms with Gasteiger partial charge in [-0.05, 0) is 45.8 Å². The minimum atomic E-state index is -1.01. The van der Waals surface area contributed by atoms with E-state index in [-0.39, 0.29) is 5.91 Å². The van der Waals surface area contributed by atoms with Gasteiger partial charge in [-0.25, -0.2) is 8.51 Å². The summed E-state index contributed by atoms with van der Waals surface area (Å²) in [7, 11) is -1.01. The largest absolute Gasteiger partial charge is 0.304 e. The number of benzene rings is 1. The predicted molar refractivity (Wildman–Crippen MR) is 121 cm³/mol. The fourth-order valence-electron chi connectivity index (χ4n) is 4.68. The lowest BCUT2D eigenvalue weighted by molar-refractivity contribution is -0.124. The Bertz CT molecular complexity index is 1180. The first kappa shape index (κ1) is 19.8. The summed E-state index contributed by atoms with van der Waals surface area (Å²) in [5.74, 6) is 0.0916. The van der Waals surface area contributed by atoms with Gasteiger partial charge >= 0.3 is 0 Å². The Morgan fingerprint density at radius 2 is 1.93 bits per heavy atom. The number of piperidine rings is 1. The summed E-state index contributed by atoms with van der Waals surface area (Å²) in [5.41, 5.74) is 2.13. The maximum atomic E-state index is 13.8. The number of carbonyl (C=O) groups excluding carboxylic acids is 1. The van der Waals surface area contributed by atoms with Crippen LogP contribution in [0.2, 0.25) is 0 Å². The molecule has 5 rings (SSSR count). The molecule has 2 aliphatic rings. The second-order valence-electron chi connectivity index (χ2n) is 7.83. The van der Waals surface area contributed by atoms with Crippen molar-refractivity contribution in [2.45, 2.75) is 24.8 Å². The van der Waals surface area contributed by atoms with Gasteiger partial charge in [-0.3, -0.25) is 14.8 Å². The van der Waals surface area contributed by atoms with Gasteiger partial charge in [0, 0.05) is 41.6 Å². The molecule has 1 atom stereocenters. The molecule has 1 spiro atoms. The molecule has 4 heterocycles. The van der Waals surface area contributed by atoms with Gasteiger partial charge in [0.05, 0.1) is 40.5 Å². The Hall–Kier alpha value is -2.16. The van der Waals surface area contributed by atoms with Crippen LogP contribution in [0, 0.1) is 0 Å². The molecule has 0 radical (unpaired) electrons. The van der Waals surface area contributed by atoms with Crippen molar-refractivity contribution in [3.63, 3.8) is 0 Å². The Morgan fingerprint density at radius 1 is 1.17 bits per heavy atom. The zero-order valence-corrected chi connectivity index (χ0v) is 18.9. The molecule has 1 saturated heterocycles. The average molecular weight is 485 g/mol. The van der Waals surface area contributed by atoms with Gasteiger partial charge in [-0.2, -0.15) is 0 Å². The lowest BCUT2D eigenvalue weighted by Gasteiger charge is -2.37. The van der Waals surface area contributed by atoms with Gasteiger partial charge in [-0.1, -0.05) is 24.3 Å². The van der Waals surface area contributed by atoms with Gasteiger partial charge in [-0.15, -0.1) is 0 Å². The van der Waals surface area contributed by atoms with Crippen LogP contribution in [0.15, 0.2) is 53.4 Å². The Balaban J connectivity index is 1.52. The van der Waals surface area contributed by atoms with E-state index < -0.39 is 16.4 Å². The number of fused-ring (bicyclic) bond motifs is 3. The lowest BCUT2D eigenvalue weighted by Crippen LogP contribution is -2.48. The Kier molecular flexibility index (Phi) is 4.95. The number of rotatable bonds is 3.